The van der Waals surface area contributed by atoms with E-state index in [2.05, 4.69) is 10.3 Å². The number of nitrogens with zero attached hydrogens (tertiary/aromatic N) is 1. The van der Waals surface area contributed by atoms with Crippen molar-refractivity contribution in [2.75, 3.05) is 0 Å². The first kappa shape index (κ1) is 16.1. The summed E-state index contributed by atoms with van der Waals surface area (Å²) in [4.78, 5) is 17.1. The van der Waals surface area contributed by atoms with E-state index in [0.717, 1.165) is 41.9 Å². The standard InChI is InChI=1S/C18H23N3OS/c1-12(20-17(22)14-8-5-9-15(19)10-14)18-21-16(11-23-18)13-6-3-2-4-7-13/h2-4,6-7,11-12,14-15H,5,8-10,19H2,1H3,(H,20,22). The zero-order chi connectivity index (χ0) is 16.2. The van der Waals surface area contributed by atoms with Crippen molar-refractivity contribution in [1.29, 1.82) is 0 Å². The number of rotatable bonds is 4. The Morgan fingerprint density at radius 1 is 1.35 bits per heavy atom. The number of aromatic nitrogens is 1. The summed E-state index contributed by atoms with van der Waals surface area (Å²) in [5, 5.41) is 6.09. The maximum atomic E-state index is 12.4. The van der Waals surface area contributed by atoms with Crippen LogP contribution < -0.4 is 11.1 Å². The molecule has 3 N–H and O–H groups in total. The quantitative estimate of drug-likeness (QED) is 0.902. The number of nitrogens with one attached hydrogen (secondary N) is 1. The summed E-state index contributed by atoms with van der Waals surface area (Å²) < 4.78 is 0. The van der Waals surface area contributed by atoms with Crippen LogP contribution in [0.4, 0.5) is 0 Å². The van der Waals surface area contributed by atoms with Crippen molar-refractivity contribution in [2.24, 2.45) is 11.7 Å². The average Bonchev–Trinajstić information content (AvgIpc) is 3.06. The summed E-state index contributed by atoms with van der Waals surface area (Å²) in [6.45, 7) is 1.99. The molecule has 3 unspecified atom stereocenters. The number of carbonyl (C=O) groups excluding carboxylic acids is 1. The minimum Gasteiger partial charge on any atom is -0.347 e. The lowest BCUT2D eigenvalue weighted by molar-refractivity contribution is -0.126. The van der Waals surface area contributed by atoms with Crippen molar-refractivity contribution >= 4 is 17.2 Å². The summed E-state index contributed by atoms with van der Waals surface area (Å²) in [5.74, 6) is 0.166. The summed E-state index contributed by atoms with van der Waals surface area (Å²) >= 11 is 1.59. The fourth-order valence-corrected chi connectivity index (χ4v) is 3.92. The van der Waals surface area contributed by atoms with Gasteiger partial charge in [0.05, 0.1) is 11.7 Å². The molecule has 23 heavy (non-hydrogen) atoms. The third kappa shape index (κ3) is 3.98. The van der Waals surface area contributed by atoms with E-state index in [0.29, 0.717) is 0 Å². The smallest absolute Gasteiger partial charge is 0.223 e. The lowest BCUT2D eigenvalue weighted by atomic mass is 9.85. The van der Waals surface area contributed by atoms with Crippen LogP contribution in [0.25, 0.3) is 11.3 Å². The van der Waals surface area contributed by atoms with Crippen LogP contribution in [0.2, 0.25) is 0 Å². The van der Waals surface area contributed by atoms with Gasteiger partial charge in [0.25, 0.3) is 0 Å². The molecule has 0 aliphatic heterocycles. The number of benzene rings is 1. The number of hydrogen-bond donors (Lipinski definition) is 2. The first-order chi connectivity index (χ1) is 11.1. The Labute approximate surface area is 141 Å². The third-order valence-corrected chi connectivity index (χ3v) is 5.43. The van der Waals surface area contributed by atoms with Crippen LogP contribution in [0.15, 0.2) is 35.7 Å². The Morgan fingerprint density at radius 3 is 2.87 bits per heavy atom. The highest BCUT2D eigenvalue weighted by molar-refractivity contribution is 7.10. The van der Waals surface area contributed by atoms with E-state index < -0.39 is 0 Å². The molecule has 1 heterocycles. The minimum absolute atomic E-state index is 0.0507. The molecule has 0 bridgehead atoms. The predicted molar refractivity (Wildman–Crippen MR) is 94.0 cm³/mol. The van der Waals surface area contributed by atoms with E-state index in [-0.39, 0.29) is 23.9 Å². The van der Waals surface area contributed by atoms with Gasteiger partial charge >= 0.3 is 0 Å². The van der Waals surface area contributed by atoms with Crippen molar-refractivity contribution in [2.45, 2.75) is 44.7 Å². The van der Waals surface area contributed by atoms with Gasteiger partial charge in [-0.05, 0) is 26.2 Å². The van der Waals surface area contributed by atoms with Crippen LogP contribution in [0.5, 0.6) is 0 Å². The molecule has 1 aliphatic carbocycles. The third-order valence-electron chi connectivity index (χ3n) is 4.41. The van der Waals surface area contributed by atoms with E-state index in [9.17, 15) is 4.79 Å². The number of carbonyl (C=O) groups is 1. The molecule has 4 nitrogen and oxygen atoms in total. The van der Waals surface area contributed by atoms with Gasteiger partial charge in [-0.2, -0.15) is 0 Å². The van der Waals surface area contributed by atoms with Gasteiger partial charge in [0.2, 0.25) is 5.91 Å². The molecular weight excluding hydrogens is 306 g/mol. The molecule has 3 rings (SSSR count). The SMILES string of the molecule is CC(NC(=O)C1CCCC(N)C1)c1nc(-c2ccccc2)cs1. The van der Waals surface area contributed by atoms with Gasteiger partial charge in [0, 0.05) is 22.9 Å². The second-order valence-corrected chi connectivity index (χ2v) is 7.18. The molecule has 1 fully saturated rings. The van der Waals surface area contributed by atoms with Gasteiger partial charge < -0.3 is 11.1 Å². The van der Waals surface area contributed by atoms with Crippen LogP contribution in [-0.2, 0) is 4.79 Å². The van der Waals surface area contributed by atoms with E-state index in [1.807, 2.05) is 42.6 Å². The second-order valence-electron chi connectivity index (χ2n) is 6.29. The molecular formula is C18H23N3OS. The highest BCUT2D eigenvalue weighted by Crippen LogP contribution is 2.27. The van der Waals surface area contributed by atoms with E-state index >= 15 is 0 Å². The monoisotopic (exact) mass is 329 g/mol. The van der Waals surface area contributed by atoms with Gasteiger partial charge in [0.15, 0.2) is 0 Å². The van der Waals surface area contributed by atoms with E-state index in [1.165, 1.54) is 0 Å². The molecule has 3 atom stereocenters. The Bertz CT molecular complexity index is 655. The first-order valence-electron chi connectivity index (χ1n) is 8.20. The molecule has 122 valence electrons. The molecule has 1 amide bonds. The molecule has 1 aromatic carbocycles. The Kier molecular flexibility index (Phi) is 5.08. The van der Waals surface area contributed by atoms with Gasteiger partial charge in [-0.1, -0.05) is 36.8 Å². The number of hydrogen-bond acceptors (Lipinski definition) is 4. The molecule has 2 aromatic rings. The molecule has 0 spiro atoms. The molecule has 1 aliphatic rings. The van der Waals surface area contributed by atoms with Gasteiger partial charge in [-0.3, -0.25) is 4.79 Å². The van der Waals surface area contributed by atoms with Crippen LogP contribution >= 0.6 is 11.3 Å². The van der Waals surface area contributed by atoms with Crippen molar-refractivity contribution in [1.82, 2.24) is 10.3 Å². The van der Waals surface area contributed by atoms with Crippen LogP contribution in [0.1, 0.15) is 43.7 Å². The average molecular weight is 329 g/mol. The highest BCUT2D eigenvalue weighted by atomic mass is 32.1. The zero-order valence-corrected chi connectivity index (χ0v) is 14.2. The molecule has 1 saturated carbocycles. The normalized spacial score (nSPS) is 22.5. The Balaban J connectivity index is 1.63. The molecule has 1 aromatic heterocycles. The zero-order valence-electron chi connectivity index (χ0n) is 13.4. The topological polar surface area (TPSA) is 68.0 Å². The summed E-state index contributed by atoms with van der Waals surface area (Å²) in [5.41, 5.74) is 8.05. The maximum Gasteiger partial charge on any atom is 0.223 e. The van der Waals surface area contributed by atoms with Crippen molar-refractivity contribution in [3.8, 4) is 11.3 Å². The maximum absolute atomic E-state index is 12.4. The molecule has 5 heteroatoms. The highest BCUT2D eigenvalue weighted by Gasteiger charge is 2.26. The van der Waals surface area contributed by atoms with E-state index in [4.69, 9.17) is 5.73 Å². The first-order valence-corrected chi connectivity index (χ1v) is 9.08. The lowest BCUT2D eigenvalue weighted by Crippen LogP contribution is -2.38. The van der Waals surface area contributed by atoms with Gasteiger partial charge in [-0.25, -0.2) is 4.98 Å². The number of thiazole rings is 1. The minimum atomic E-state index is -0.0666. The van der Waals surface area contributed by atoms with Crippen LogP contribution in [0, 0.1) is 5.92 Å². The summed E-state index contributed by atoms with van der Waals surface area (Å²) in [7, 11) is 0. The van der Waals surface area contributed by atoms with Crippen molar-refractivity contribution in [3.63, 3.8) is 0 Å². The van der Waals surface area contributed by atoms with Gasteiger partial charge in [0.1, 0.15) is 5.01 Å². The second kappa shape index (κ2) is 7.23. The number of nitrogens with two attached hydrogens (primary N) is 1. The Hall–Kier alpha value is -1.72. The van der Waals surface area contributed by atoms with Crippen LogP contribution in [0.3, 0.4) is 0 Å². The predicted octanol–water partition coefficient (Wildman–Crippen LogP) is 3.50. The van der Waals surface area contributed by atoms with Gasteiger partial charge in [-0.15, -0.1) is 11.3 Å². The van der Waals surface area contributed by atoms with Crippen molar-refractivity contribution < 1.29 is 4.79 Å². The summed E-state index contributed by atoms with van der Waals surface area (Å²) in [6.07, 6.45) is 3.82. The van der Waals surface area contributed by atoms with Crippen LogP contribution in [-0.4, -0.2) is 16.9 Å². The molecule has 0 saturated heterocycles. The van der Waals surface area contributed by atoms with Crippen molar-refractivity contribution in [3.05, 3.63) is 40.7 Å². The van der Waals surface area contributed by atoms with E-state index in [1.54, 1.807) is 11.3 Å². The summed E-state index contributed by atoms with van der Waals surface area (Å²) in [6, 6.07) is 10.2. The Morgan fingerprint density at radius 2 is 2.13 bits per heavy atom. The largest absolute Gasteiger partial charge is 0.347 e. The lowest BCUT2D eigenvalue weighted by Gasteiger charge is -2.26. The number of amides is 1. The fourth-order valence-electron chi connectivity index (χ4n) is 3.09. The molecule has 0 radical (unpaired) electrons. The fraction of sp³-hybridized carbons (Fsp3) is 0.444.